The normalized spacial score (nSPS) is 22.3. The largest absolute Gasteiger partial charge is 0.355 e. The van der Waals surface area contributed by atoms with Crippen molar-refractivity contribution in [3.05, 3.63) is 71.5 Å². The van der Waals surface area contributed by atoms with Crippen LogP contribution in [0, 0.1) is 5.82 Å². The lowest BCUT2D eigenvalue weighted by Crippen LogP contribution is -2.45. The highest BCUT2D eigenvalue weighted by atomic mass is 19.1. The van der Waals surface area contributed by atoms with Crippen LogP contribution in [0.2, 0.25) is 0 Å². The molecule has 0 radical (unpaired) electrons. The van der Waals surface area contributed by atoms with Crippen LogP contribution >= 0.6 is 0 Å². The summed E-state index contributed by atoms with van der Waals surface area (Å²) in [5, 5.41) is 6.29. The molecule has 2 aromatic rings. The van der Waals surface area contributed by atoms with E-state index >= 15 is 0 Å². The van der Waals surface area contributed by atoms with E-state index < -0.39 is 5.54 Å². The van der Waals surface area contributed by atoms with Crippen molar-refractivity contribution in [3.8, 4) is 0 Å². The van der Waals surface area contributed by atoms with E-state index in [2.05, 4.69) is 34.9 Å². The molecule has 1 saturated carbocycles. The van der Waals surface area contributed by atoms with E-state index in [1.54, 1.807) is 12.1 Å². The van der Waals surface area contributed by atoms with Gasteiger partial charge in [0.15, 0.2) is 0 Å². The van der Waals surface area contributed by atoms with Crippen LogP contribution in [0.5, 0.6) is 0 Å². The Morgan fingerprint density at radius 3 is 2.35 bits per heavy atom. The summed E-state index contributed by atoms with van der Waals surface area (Å²) in [7, 11) is 0. The molecule has 2 aromatic carbocycles. The average Bonchev–Trinajstić information content (AvgIpc) is 3.41. The Morgan fingerprint density at radius 1 is 1.00 bits per heavy atom. The van der Waals surface area contributed by atoms with Gasteiger partial charge in [-0.25, -0.2) is 4.39 Å². The zero-order valence-corrected chi connectivity index (χ0v) is 18.0. The van der Waals surface area contributed by atoms with Gasteiger partial charge in [0.1, 0.15) is 5.82 Å². The number of carbonyl (C=O) groups excluding carboxylic acids is 2. The summed E-state index contributed by atoms with van der Waals surface area (Å²) in [6.07, 6.45) is 7.32. The van der Waals surface area contributed by atoms with Crippen LogP contribution in [0.3, 0.4) is 0 Å². The quantitative estimate of drug-likeness (QED) is 0.661. The third kappa shape index (κ3) is 5.15. The Morgan fingerprint density at radius 2 is 1.71 bits per heavy atom. The standard InChI is InChI=1S/C26H31FN2O2/c27-22-10-8-20(9-11-22)18-26(17-13-24(31)29-26)16-12-23(30)28-19-25(14-4-5-15-25)21-6-2-1-3-7-21/h1-3,6-11H,4-5,12-19H2,(H,28,30)(H,29,31)/t26-/m0/s1. The first kappa shape index (κ1) is 21.5. The smallest absolute Gasteiger partial charge is 0.220 e. The van der Waals surface area contributed by atoms with Gasteiger partial charge in [-0.3, -0.25) is 9.59 Å². The third-order valence-electron chi connectivity index (χ3n) is 7.09. The summed E-state index contributed by atoms with van der Waals surface area (Å²) in [4.78, 5) is 24.8. The lowest BCUT2D eigenvalue weighted by molar-refractivity contribution is -0.123. The van der Waals surface area contributed by atoms with Gasteiger partial charge in [0.05, 0.1) is 0 Å². The Balaban J connectivity index is 1.37. The van der Waals surface area contributed by atoms with Crippen molar-refractivity contribution in [2.45, 2.75) is 68.7 Å². The molecule has 1 saturated heterocycles. The van der Waals surface area contributed by atoms with Gasteiger partial charge in [-0.15, -0.1) is 0 Å². The summed E-state index contributed by atoms with van der Waals surface area (Å²) >= 11 is 0. The second-order valence-corrected chi connectivity index (χ2v) is 9.26. The lowest BCUT2D eigenvalue weighted by Gasteiger charge is -2.31. The van der Waals surface area contributed by atoms with Gasteiger partial charge < -0.3 is 10.6 Å². The van der Waals surface area contributed by atoms with Gasteiger partial charge in [-0.2, -0.15) is 0 Å². The SMILES string of the molecule is O=C(CC[C@@]1(Cc2ccc(F)cc2)CCC(=O)N1)NCC1(c2ccccc2)CCCC1. The predicted molar refractivity (Wildman–Crippen MR) is 119 cm³/mol. The van der Waals surface area contributed by atoms with Gasteiger partial charge in [-0.05, 0) is 55.4 Å². The van der Waals surface area contributed by atoms with Crippen molar-refractivity contribution in [1.82, 2.24) is 10.6 Å². The topological polar surface area (TPSA) is 58.2 Å². The second-order valence-electron chi connectivity index (χ2n) is 9.26. The van der Waals surface area contributed by atoms with E-state index in [9.17, 15) is 14.0 Å². The molecule has 1 aliphatic heterocycles. The predicted octanol–water partition coefficient (Wildman–Crippen LogP) is 4.43. The van der Waals surface area contributed by atoms with Crippen molar-refractivity contribution >= 4 is 11.8 Å². The minimum atomic E-state index is -0.434. The monoisotopic (exact) mass is 422 g/mol. The molecule has 2 N–H and O–H groups in total. The Kier molecular flexibility index (Phi) is 6.40. The molecule has 4 rings (SSSR count). The molecule has 0 spiro atoms. The van der Waals surface area contributed by atoms with Gasteiger partial charge in [0.2, 0.25) is 11.8 Å². The number of benzene rings is 2. The molecule has 31 heavy (non-hydrogen) atoms. The number of hydrogen-bond acceptors (Lipinski definition) is 2. The average molecular weight is 423 g/mol. The highest BCUT2D eigenvalue weighted by Gasteiger charge is 2.39. The molecule has 2 fully saturated rings. The van der Waals surface area contributed by atoms with E-state index in [0.29, 0.717) is 38.6 Å². The molecule has 2 aliphatic rings. The van der Waals surface area contributed by atoms with Crippen molar-refractivity contribution in [2.75, 3.05) is 6.54 Å². The maximum absolute atomic E-state index is 13.3. The number of amides is 2. The summed E-state index contributed by atoms with van der Waals surface area (Å²) in [6, 6.07) is 16.9. The van der Waals surface area contributed by atoms with Crippen molar-refractivity contribution in [2.24, 2.45) is 0 Å². The van der Waals surface area contributed by atoms with Crippen LogP contribution in [0.4, 0.5) is 4.39 Å². The number of nitrogens with one attached hydrogen (secondary N) is 2. The summed E-state index contributed by atoms with van der Waals surface area (Å²) in [5.74, 6) is -0.217. The number of rotatable bonds is 8. The maximum atomic E-state index is 13.3. The van der Waals surface area contributed by atoms with Crippen molar-refractivity contribution in [3.63, 3.8) is 0 Å². The van der Waals surface area contributed by atoms with Gasteiger partial charge in [0, 0.05) is 30.3 Å². The molecule has 1 atom stereocenters. The number of carbonyl (C=O) groups is 2. The molecule has 0 bridgehead atoms. The van der Waals surface area contributed by atoms with Crippen LogP contribution in [0.1, 0.15) is 62.5 Å². The van der Waals surface area contributed by atoms with E-state index in [-0.39, 0.29) is 23.0 Å². The van der Waals surface area contributed by atoms with Crippen LogP contribution < -0.4 is 10.6 Å². The molecule has 4 nitrogen and oxygen atoms in total. The fourth-order valence-corrected chi connectivity index (χ4v) is 5.29. The summed E-state index contributed by atoms with van der Waals surface area (Å²) in [6.45, 7) is 0.660. The van der Waals surface area contributed by atoms with Crippen molar-refractivity contribution < 1.29 is 14.0 Å². The maximum Gasteiger partial charge on any atom is 0.220 e. The van der Waals surface area contributed by atoms with Gasteiger partial charge in [-0.1, -0.05) is 55.3 Å². The first-order valence-electron chi connectivity index (χ1n) is 11.4. The summed E-state index contributed by atoms with van der Waals surface area (Å²) in [5.41, 5.74) is 1.88. The van der Waals surface area contributed by atoms with Crippen LogP contribution in [0.25, 0.3) is 0 Å². The molecule has 1 aliphatic carbocycles. The molecule has 5 heteroatoms. The van der Waals surface area contributed by atoms with Gasteiger partial charge >= 0.3 is 0 Å². The molecule has 2 amide bonds. The number of hydrogen-bond donors (Lipinski definition) is 2. The second kappa shape index (κ2) is 9.21. The molecule has 1 heterocycles. The first-order valence-corrected chi connectivity index (χ1v) is 11.4. The Labute approximate surface area is 183 Å². The van der Waals surface area contributed by atoms with E-state index in [4.69, 9.17) is 0 Å². The summed E-state index contributed by atoms with van der Waals surface area (Å²) < 4.78 is 13.3. The minimum absolute atomic E-state index is 0.0245. The molecule has 0 aromatic heterocycles. The molecular weight excluding hydrogens is 391 g/mol. The van der Waals surface area contributed by atoms with Gasteiger partial charge in [0.25, 0.3) is 0 Å². The van der Waals surface area contributed by atoms with Crippen LogP contribution in [0.15, 0.2) is 54.6 Å². The van der Waals surface area contributed by atoms with Crippen LogP contribution in [-0.4, -0.2) is 23.9 Å². The Bertz CT molecular complexity index is 907. The zero-order valence-electron chi connectivity index (χ0n) is 18.0. The van der Waals surface area contributed by atoms with E-state index in [1.807, 2.05) is 6.07 Å². The zero-order chi connectivity index (χ0) is 21.7. The third-order valence-corrected chi connectivity index (χ3v) is 7.09. The first-order chi connectivity index (χ1) is 15.0. The van der Waals surface area contributed by atoms with Crippen molar-refractivity contribution in [1.29, 1.82) is 0 Å². The highest BCUT2D eigenvalue weighted by Crippen LogP contribution is 2.40. The Hall–Kier alpha value is -2.69. The molecule has 0 unspecified atom stereocenters. The fraction of sp³-hybridized carbons (Fsp3) is 0.462. The fourth-order valence-electron chi connectivity index (χ4n) is 5.29. The minimum Gasteiger partial charge on any atom is -0.355 e. The van der Waals surface area contributed by atoms with E-state index in [0.717, 1.165) is 18.4 Å². The highest BCUT2D eigenvalue weighted by molar-refractivity contribution is 5.80. The molecular formula is C26H31FN2O2. The number of halogens is 1. The van der Waals surface area contributed by atoms with E-state index in [1.165, 1.54) is 30.5 Å². The lowest BCUT2D eigenvalue weighted by atomic mass is 9.78. The van der Waals surface area contributed by atoms with Crippen LogP contribution in [-0.2, 0) is 21.4 Å². The molecule has 164 valence electrons.